The monoisotopic (exact) mass is 263 g/mol. The fourth-order valence-corrected chi connectivity index (χ4v) is 1.81. The second kappa shape index (κ2) is 6.24. The van der Waals surface area contributed by atoms with Gasteiger partial charge in [-0.15, -0.1) is 0 Å². The van der Waals surface area contributed by atoms with Crippen molar-refractivity contribution in [3.8, 4) is 0 Å². The molecule has 0 aliphatic carbocycles. The first-order valence-electron chi connectivity index (χ1n) is 6.00. The quantitative estimate of drug-likeness (QED) is 0.613. The van der Waals surface area contributed by atoms with E-state index in [1.54, 1.807) is 11.0 Å². The van der Waals surface area contributed by atoms with Gasteiger partial charge in [0.1, 0.15) is 5.82 Å². The van der Waals surface area contributed by atoms with Crippen molar-refractivity contribution in [1.29, 1.82) is 0 Å². The lowest BCUT2D eigenvalue weighted by Crippen LogP contribution is -2.39. The first-order chi connectivity index (χ1) is 9.20. The summed E-state index contributed by atoms with van der Waals surface area (Å²) in [6, 6.07) is 4.14. The molecule has 4 nitrogen and oxygen atoms in total. The van der Waals surface area contributed by atoms with Gasteiger partial charge in [-0.1, -0.05) is 6.07 Å². The molecule has 1 aromatic carbocycles. The molecule has 0 N–H and O–H groups in total. The summed E-state index contributed by atoms with van der Waals surface area (Å²) in [5, 5.41) is 0. The Labute approximate surface area is 110 Å². The molecule has 0 spiro atoms. The number of hydrogen-bond donors (Lipinski definition) is 0. The Morgan fingerprint density at radius 1 is 1.32 bits per heavy atom. The highest BCUT2D eigenvalue weighted by Crippen LogP contribution is 2.10. The second-order valence-corrected chi connectivity index (χ2v) is 4.17. The van der Waals surface area contributed by atoms with Crippen LogP contribution in [-0.2, 0) is 9.53 Å². The molecule has 19 heavy (non-hydrogen) atoms. The maximum absolute atomic E-state index is 13.1. The van der Waals surface area contributed by atoms with Gasteiger partial charge in [0, 0.05) is 19.2 Å². The molecule has 1 fully saturated rings. The molecule has 1 saturated heterocycles. The van der Waals surface area contributed by atoms with Crippen LogP contribution in [0.5, 0.6) is 0 Å². The predicted octanol–water partition coefficient (Wildman–Crippen LogP) is 1.51. The summed E-state index contributed by atoms with van der Waals surface area (Å²) in [6.07, 6.45) is 3.45. The summed E-state index contributed by atoms with van der Waals surface area (Å²) in [5.74, 6) is -0.674. The van der Waals surface area contributed by atoms with E-state index in [0.717, 1.165) is 0 Å². The third-order valence-corrected chi connectivity index (χ3v) is 2.89. The summed E-state index contributed by atoms with van der Waals surface area (Å²) in [4.78, 5) is 24.1. The van der Waals surface area contributed by atoms with E-state index in [1.807, 2.05) is 0 Å². The number of aldehydes is 1. The van der Waals surface area contributed by atoms with Gasteiger partial charge >= 0.3 is 0 Å². The Hall–Kier alpha value is -2.01. The Morgan fingerprint density at radius 2 is 2.05 bits per heavy atom. The van der Waals surface area contributed by atoms with E-state index in [4.69, 9.17) is 4.74 Å². The molecule has 2 rings (SSSR count). The summed E-state index contributed by atoms with van der Waals surface area (Å²) >= 11 is 0. The molecule has 1 heterocycles. The number of rotatable bonds is 3. The van der Waals surface area contributed by atoms with Crippen LogP contribution in [0.15, 0.2) is 24.3 Å². The molecule has 1 aliphatic rings. The average Bonchev–Trinajstić information content (AvgIpc) is 2.47. The number of morpholine rings is 1. The molecule has 0 radical (unpaired) electrons. The lowest BCUT2D eigenvalue weighted by Gasteiger charge is -2.25. The van der Waals surface area contributed by atoms with Gasteiger partial charge in [-0.2, -0.15) is 0 Å². The van der Waals surface area contributed by atoms with E-state index in [2.05, 4.69) is 0 Å². The minimum atomic E-state index is -0.563. The van der Waals surface area contributed by atoms with Gasteiger partial charge in [0.05, 0.1) is 18.8 Å². The van der Waals surface area contributed by atoms with Gasteiger partial charge in [-0.3, -0.25) is 9.59 Å². The molecule has 0 aromatic heterocycles. The third kappa shape index (κ3) is 3.48. The first kappa shape index (κ1) is 13.4. The number of ether oxygens (including phenoxy) is 1. The molecule has 0 saturated carbocycles. The van der Waals surface area contributed by atoms with Gasteiger partial charge < -0.3 is 9.64 Å². The normalized spacial score (nSPS) is 15.7. The molecular formula is C14H14FNO3. The van der Waals surface area contributed by atoms with Crippen LogP contribution in [0, 0.1) is 5.82 Å². The van der Waals surface area contributed by atoms with Crippen LogP contribution < -0.4 is 0 Å². The lowest BCUT2D eigenvalue weighted by atomic mass is 10.1. The number of carbonyl (C=O) groups excluding carboxylic acids is 2. The van der Waals surface area contributed by atoms with Crippen molar-refractivity contribution in [3.05, 3.63) is 41.2 Å². The van der Waals surface area contributed by atoms with Crippen molar-refractivity contribution in [2.45, 2.75) is 0 Å². The van der Waals surface area contributed by atoms with E-state index in [9.17, 15) is 14.0 Å². The van der Waals surface area contributed by atoms with E-state index >= 15 is 0 Å². The van der Waals surface area contributed by atoms with Crippen LogP contribution in [0.25, 0.3) is 6.08 Å². The molecule has 0 bridgehead atoms. The number of benzene rings is 1. The van der Waals surface area contributed by atoms with E-state index in [0.29, 0.717) is 38.2 Å². The molecule has 1 aliphatic heterocycles. The zero-order valence-corrected chi connectivity index (χ0v) is 10.3. The van der Waals surface area contributed by atoms with E-state index in [1.165, 1.54) is 24.3 Å². The number of hydrogen-bond acceptors (Lipinski definition) is 3. The second-order valence-electron chi connectivity index (χ2n) is 4.17. The van der Waals surface area contributed by atoms with Gasteiger partial charge in [0.2, 0.25) is 5.91 Å². The van der Waals surface area contributed by atoms with Crippen LogP contribution in [-0.4, -0.2) is 43.4 Å². The smallest absolute Gasteiger partial charge is 0.246 e. The fourth-order valence-electron chi connectivity index (χ4n) is 1.81. The van der Waals surface area contributed by atoms with Crippen molar-refractivity contribution in [1.82, 2.24) is 4.90 Å². The molecular weight excluding hydrogens is 249 g/mol. The average molecular weight is 263 g/mol. The Kier molecular flexibility index (Phi) is 4.41. The summed E-state index contributed by atoms with van der Waals surface area (Å²) in [7, 11) is 0. The lowest BCUT2D eigenvalue weighted by molar-refractivity contribution is -0.129. The summed E-state index contributed by atoms with van der Waals surface area (Å²) in [5.41, 5.74) is 0.603. The maximum Gasteiger partial charge on any atom is 0.246 e. The number of carbonyl (C=O) groups is 2. The van der Waals surface area contributed by atoms with Gasteiger partial charge in [-0.05, 0) is 23.8 Å². The van der Waals surface area contributed by atoms with Crippen LogP contribution in [0.3, 0.4) is 0 Å². The fraction of sp³-hybridized carbons (Fsp3) is 0.286. The van der Waals surface area contributed by atoms with Crippen LogP contribution in [0.1, 0.15) is 15.9 Å². The number of halogens is 1. The zero-order valence-electron chi connectivity index (χ0n) is 10.3. The van der Waals surface area contributed by atoms with Crippen LogP contribution in [0.2, 0.25) is 0 Å². The Bertz CT molecular complexity index is 507. The van der Waals surface area contributed by atoms with Crippen molar-refractivity contribution < 1.29 is 18.7 Å². The first-order valence-corrected chi connectivity index (χ1v) is 6.00. The number of amides is 1. The summed E-state index contributed by atoms with van der Waals surface area (Å²) < 4.78 is 18.3. The van der Waals surface area contributed by atoms with E-state index in [-0.39, 0.29) is 11.5 Å². The molecule has 100 valence electrons. The zero-order chi connectivity index (χ0) is 13.7. The highest BCUT2D eigenvalue weighted by Gasteiger charge is 2.13. The molecule has 5 heteroatoms. The topological polar surface area (TPSA) is 46.6 Å². The van der Waals surface area contributed by atoms with Gasteiger partial charge in [0.25, 0.3) is 0 Å². The molecule has 1 aromatic rings. The molecule has 0 unspecified atom stereocenters. The highest BCUT2D eigenvalue weighted by atomic mass is 19.1. The standard InChI is InChI=1S/C14H14FNO3/c15-13-3-1-11(9-12(13)10-17)2-4-14(18)16-5-7-19-8-6-16/h1-4,9-10H,5-8H2/b4-2+. The third-order valence-electron chi connectivity index (χ3n) is 2.89. The van der Waals surface area contributed by atoms with Crippen molar-refractivity contribution in [2.75, 3.05) is 26.3 Å². The molecule has 0 atom stereocenters. The van der Waals surface area contributed by atoms with Crippen LogP contribution >= 0.6 is 0 Å². The van der Waals surface area contributed by atoms with Crippen molar-refractivity contribution >= 4 is 18.3 Å². The van der Waals surface area contributed by atoms with Gasteiger partial charge in [-0.25, -0.2) is 4.39 Å². The summed E-state index contributed by atoms with van der Waals surface area (Å²) in [6.45, 7) is 2.25. The predicted molar refractivity (Wildman–Crippen MR) is 68.2 cm³/mol. The maximum atomic E-state index is 13.1. The Balaban J connectivity index is 2.05. The molecule has 1 amide bonds. The van der Waals surface area contributed by atoms with Crippen LogP contribution in [0.4, 0.5) is 4.39 Å². The van der Waals surface area contributed by atoms with Crippen molar-refractivity contribution in [2.24, 2.45) is 0 Å². The highest BCUT2D eigenvalue weighted by molar-refractivity contribution is 5.92. The minimum Gasteiger partial charge on any atom is -0.378 e. The van der Waals surface area contributed by atoms with Gasteiger partial charge in [0.15, 0.2) is 6.29 Å². The van der Waals surface area contributed by atoms with E-state index < -0.39 is 5.82 Å². The largest absolute Gasteiger partial charge is 0.378 e. The van der Waals surface area contributed by atoms with Crippen molar-refractivity contribution in [3.63, 3.8) is 0 Å². The number of nitrogens with zero attached hydrogens (tertiary/aromatic N) is 1. The Morgan fingerprint density at radius 3 is 2.74 bits per heavy atom. The SMILES string of the molecule is O=Cc1cc(/C=C/C(=O)N2CCOCC2)ccc1F. The minimum absolute atomic E-state index is 0.0130.